The Morgan fingerprint density at radius 2 is 1.72 bits per heavy atom. The van der Waals surface area contributed by atoms with Gasteiger partial charge in [-0.15, -0.1) is 0 Å². The van der Waals surface area contributed by atoms with Crippen LogP contribution in [0.25, 0.3) is 0 Å². The van der Waals surface area contributed by atoms with Crippen LogP contribution in [0.4, 0.5) is 0 Å². The van der Waals surface area contributed by atoms with E-state index in [1.54, 1.807) is 0 Å². The smallest absolute Gasteiger partial charge is 0.304 e. The van der Waals surface area contributed by atoms with Gasteiger partial charge in [0.25, 0.3) is 0 Å². The third-order valence-corrected chi connectivity index (χ3v) is 6.25. The van der Waals surface area contributed by atoms with Crippen LogP contribution in [0.2, 0.25) is 0 Å². The second-order valence-corrected chi connectivity index (χ2v) is 7.46. The molecule has 6 heteroatoms. The van der Waals surface area contributed by atoms with Gasteiger partial charge in [-0.05, 0) is 25.7 Å². The first-order valence-corrected chi connectivity index (χ1v) is 8.24. The van der Waals surface area contributed by atoms with Crippen LogP contribution in [-0.4, -0.2) is 41.6 Å². The zero-order chi connectivity index (χ0) is 13.2. The summed E-state index contributed by atoms with van der Waals surface area (Å²) >= 11 is 0. The summed E-state index contributed by atoms with van der Waals surface area (Å²) < 4.78 is 26.5. The molecule has 2 saturated carbocycles. The summed E-state index contributed by atoms with van der Waals surface area (Å²) in [6.07, 6.45) is 6.20. The van der Waals surface area contributed by atoms with Gasteiger partial charge in [0.1, 0.15) is 0 Å². The Balaban J connectivity index is 2.05. The molecule has 0 spiro atoms. The molecule has 1 N–H and O–H groups in total. The first-order valence-electron chi connectivity index (χ1n) is 6.74. The van der Waals surface area contributed by atoms with Crippen LogP contribution in [0.3, 0.4) is 0 Å². The van der Waals surface area contributed by atoms with Crippen LogP contribution in [0.15, 0.2) is 0 Å². The van der Waals surface area contributed by atoms with Crippen molar-refractivity contribution < 1.29 is 18.3 Å². The van der Waals surface area contributed by atoms with Gasteiger partial charge >= 0.3 is 5.97 Å². The molecule has 0 aromatic carbocycles. The normalized spacial score (nSPS) is 22.3. The topological polar surface area (TPSA) is 74.7 Å². The van der Waals surface area contributed by atoms with E-state index in [0.717, 1.165) is 44.9 Å². The molecular formula is C12H21NO4S. The van der Waals surface area contributed by atoms with Crippen LogP contribution < -0.4 is 0 Å². The van der Waals surface area contributed by atoms with Crippen molar-refractivity contribution in [1.82, 2.24) is 4.31 Å². The predicted octanol–water partition coefficient (Wildman–Crippen LogP) is 1.59. The molecule has 0 atom stereocenters. The van der Waals surface area contributed by atoms with E-state index in [4.69, 9.17) is 5.11 Å². The van der Waals surface area contributed by atoms with Gasteiger partial charge in [0, 0.05) is 12.6 Å². The highest BCUT2D eigenvalue weighted by molar-refractivity contribution is 7.89. The van der Waals surface area contributed by atoms with Gasteiger partial charge < -0.3 is 5.11 Å². The van der Waals surface area contributed by atoms with Crippen LogP contribution >= 0.6 is 0 Å². The summed E-state index contributed by atoms with van der Waals surface area (Å²) in [5, 5.41) is 8.44. The third-order valence-electron chi connectivity index (χ3n) is 3.80. The van der Waals surface area contributed by atoms with E-state index >= 15 is 0 Å². The Labute approximate surface area is 108 Å². The Kier molecular flexibility index (Phi) is 4.27. The number of hydrogen-bond acceptors (Lipinski definition) is 3. The lowest BCUT2D eigenvalue weighted by Gasteiger charge is -2.29. The number of rotatable bonds is 6. The quantitative estimate of drug-likeness (QED) is 0.798. The van der Waals surface area contributed by atoms with Crippen LogP contribution in [0.1, 0.15) is 51.4 Å². The van der Waals surface area contributed by atoms with E-state index in [1.165, 1.54) is 4.31 Å². The van der Waals surface area contributed by atoms with E-state index in [-0.39, 0.29) is 24.3 Å². The summed E-state index contributed by atoms with van der Waals surface area (Å²) in [7, 11) is -3.29. The molecule has 0 radical (unpaired) electrons. The van der Waals surface area contributed by atoms with Gasteiger partial charge in [0.2, 0.25) is 10.0 Å². The first-order chi connectivity index (χ1) is 8.51. The van der Waals surface area contributed by atoms with Gasteiger partial charge in [-0.1, -0.05) is 19.3 Å². The van der Waals surface area contributed by atoms with Crippen molar-refractivity contribution in [2.24, 2.45) is 0 Å². The molecule has 0 aromatic rings. The summed E-state index contributed by atoms with van der Waals surface area (Å²) in [4.78, 5) is 10.6. The van der Waals surface area contributed by atoms with Gasteiger partial charge in [-0.3, -0.25) is 4.79 Å². The highest BCUT2D eigenvalue weighted by Crippen LogP contribution is 2.34. The second-order valence-electron chi connectivity index (χ2n) is 5.29. The molecule has 0 unspecified atom stereocenters. The summed E-state index contributed by atoms with van der Waals surface area (Å²) in [5.41, 5.74) is 0. The Hall–Kier alpha value is -0.620. The fourth-order valence-electron chi connectivity index (χ4n) is 2.64. The van der Waals surface area contributed by atoms with E-state index in [0.29, 0.717) is 0 Å². The molecule has 2 aliphatic carbocycles. The number of carboxylic acids is 1. The lowest BCUT2D eigenvalue weighted by atomic mass is 10.0. The summed E-state index contributed by atoms with van der Waals surface area (Å²) in [6.45, 7) is 0.138. The Morgan fingerprint density at radius 1 is 1.11 bits per heavy atom. The molecule has 0 aromatic heterocycles. The third kappa shape index (κ3) is 3.23. The predicted molar refractivity (Wildman–Crippen MR) is 67.8 cm³/mol. The van der Waals surface area contributed by atoms with E-state index in [2.05, 4.69) is 0 Å². The molecule has 0 amide bonds. The minimum Gasteiger partial charge on any atom is -0.481 e. The van der Waals surface area contributed by atoms with Gasteiger partial charge in [0.15, 0.2) is 0 Å². The maximum absolute atomic E-state index is 12.5. The average molecular weight is 275 g/mol. The van der Waals surface area contributed by atoms with Crippen molar-refractivity contribution >= 4 is 16.0 Å². The maximum Gasteiger partial charge on any atom is 0.304 e. The zero-order valence-corrected chi connectivity index (χ0v) is 11.4. The lowest BCUT2D eigenvalue weighted by Crippen LogP contribution is -2.42. The minimum atomic E-state index is -3.29. The zero-order valence-electron chi connectivity index (χ0n) is 10.5. The minimum absolute atomic E-state index is 0.0660. The Bertz CT molecular complexity index is 396. The first kappa shape index (κ1) is 13.8. The largest absolute Gasteiger partial charge is 0.481 e. The fraction of sp³-hybridized carbons (Fsp3) is 0.917. The summed E-state index contributed by atoms with van der Waals surface area (Å²) in [5.74, 6) is -0.931. The van der Waals surface area contributed by atoms with E-state index < -0.39 is 16.0 Å². The standard InChI is InChI=1S/C12H21NO4S/c14-12(15)8-9-13(10-6-7-10)18(16,17)11-4-2-1-3-5-11/h10-11H,1-9H2,(H,14,15). The molecular weight excluding hydrogens is 254 g/mol. The summed E-state index contributed by atoms with van der Waals surface area (Å²) in [6, 6.07) is 0.0660. The van der Waals surface area contributed by atoms with Crippen molar-refractivity contribution in [3.05, 3.63) is 0 Å². The maximum atomic E-state index is 12.5. The Morgan fingerprint density at radius 3 is 2.22 bits per heavy atom. The monoisotopic (exact) mass is 275 g/mol. The van der Waals surface area contributed by atoms with Crippen molar-refractivity contribution in [2.45, 2.75) is 62.7 Å². The number of carboxylic acid groups (broad SMARTS) is 1. The molecule has 5 nitrogen and oxygen atoms in total. The van der Waals surface area contributed by atoms with Gasteiger partial charge in [-0.2, -0.15) is 4.31 Å². The molecule has 104 valence electrons. The lowest BCUT2D eigenvalue weighted by molar-refractivity contribution is -0.137. The highest BCUT2D eigenvalue weighted by atomic mass is 32.2. The molecule has 18 heavy (non-hydrogen) atoms. The van der Waals surface area contributed by atoms with Crippen molar-refractivity contribution in [1.29, 1.82) is 0 Å². The van der Waals surface area contributed by atoms with Crippen molar-refractivity contribution in [3.63, 3.8) is 0 Å². The van der Waals surface area contributed by atoms with Crippen LogP contribution in [0, 0.1) is 0 Å². The number of sulfonamides is 1. The van der Waals surface area contributed by atoms with Crippen molar-refractivity contribution in [3.8, 4) is 0 Å². The molecule has 0 aliphatic heterocycles. The number of carbonyl (C=O) groups is 1. The number of aliphatic carboxylic acids is 1. The fourth-order valence-corrected chi connectivity index (χ4v) is 4.92. The molecule has 0 bridgehead atoms. The van der Waals surface area contributed by atoms with E-state index in [9.17, 15) is 13.2 Å². The molecule has 0 heterocycles. The van der Waals surface area contributed by atoms with Crippen LogP contribution in [-0.2, 0) is 14.8 Å². The van der Waals surface area contributed by atoms with Gasteiger partial charge in [0.05, 0.1) is 11.7 Å². The van der Waals surface area contributed by atoms with Gasteiger partial charge in [-0.25, -0.2) is 8.42 Å². The molecule has 0 saturated heterocycles. The second kappa shape index (κ2) is 5.57. The number of hydrogen-bond donors (Lipinski definition) is 1. The average Bonchev–Trinajstić information content (AvgIpc) is 3.14. The number of nitrogens with zero attached hydrogens (tertiary/aromatic N) is 1. The van der Waals surface area contributed by atoms with E-state index in [1.807, 2.05) is 0 Å². The molecule has 2 aliphatic rings. The molecule has 2 rings (SSSR count). The molecule has 2 fully saturated rings. The van der Waals surface area contributed by atoms with Crippen molar-refractivity contribution in [2.75, 3.05) is 6.54 Å². The highest BCUT2D eigenvalue weighted by Gasteiger charge is 2.41. The SMILES string of the molecule is O=C(O)CCN(C1CC1)S(=O)(=O)C1CCCCC1. The van der Waals surface area contributed by atoms with Crippen LogP contribution in [0.5, 0.6) is 0 Å².